The maximum atomic E-state index is 12.3. The lowest BCUT2D eigenvalue weighted by Gasteiger charge is -2.38. The van der Waals surface area contributed by atoms with Crippen LogP contribution in [-0.4, -0.2) is 47.1 Å². The van der Waals surface area contributed by atoms with Crippen molar-refractivity contribution in [2.75, 3.05) is 31.1 Å². The Morgan fingerprint density at radius 2 is 1.93 bits per heavy atom. The first-order chi connectivity index (χ1) is 14.2. The molecule has 0 amide bonds. The number of aromatic amines is 1. The molecule has 0 spiro atoms. The number of pyridine rings is 1. The van der Waals surface area contributed by atoms with Gasteiger partial charge in [-0.25, -0.2) is 4.98 Å². The average molecular weight is 420 g/mol. The average Bonchev–Trinajstić information content (AvgIpc) is 3.44. The fourth-order valence-electron chi connectivity index (χ4n) is 4.33. The molecule has 1 atom stereocenters. The van der Waals surface area contributed by atoms with Crippen LogP contribution in [0.25, 0.3) is 15.8 Å². The van der Waals surface area contributed by atoms with Crippen molar-refractivity contribution in [3.8, 4) is 6.07 Å². The van der Waals surface area contributed by atoms with Crippen LogP contribution >= 0.6 is 11.3 Å². The molecule has 0 radical (unpaired) electrons. The minimum absolute atomic E-state index is 0. The number of H-pyrrole nitrogens is 1. The summed E-state index contributed by atoms with van der Waals surface area (Å²) in [6.07, 6.45) is 4.39. The van der Waals surface area contributed by atoms with Gasteiger partial charge in [-0.05, 0) is 48.7 Å². The Kier molecular flexibility index (Phi) is 5.71. The van der Waals surface area contributed by atoms with E-state index in [1.165, 1.54) is 22.6 Å². The van der Waals surface area contributed by atoms with Gasteiger partial charge in [0.2, 0.25) is 0 Å². The number of allylic oxidation sites excluding steroid dienone is 1. The first-order valence-corrected chi connectivity index (χ1v) is 10.8. The summed E-state index contributed by atoms with van der Waals surface area (Å²) in [5, 5.41) is 8.96. The van der Waals surface area contributed by atoms with Crippen LogP contribution in [0, 0.1) is 11.3 Å². The molecule has 1 N–H and O–H groups in total. The van der Waals surface area contributed by atoms with Gasteiger partial charge in [-0.1, -0.05) is 13.5 Å². The number of aromatic nitrogens is 2. The second-order valence-corrected chi connectivity index (χ2v) is 8.41. The number of rotatable bonds is 3. The van der Waals surface area contributed by atoms with Crippen molar-refractivity contribution in [2.24, 2.45) is 0 Å². The van der Waals surface area contributed by atoms with Crippen LogP contribution < -0.4 is 10.5 Å². The lowest BCUT2D eigenvalue weighted by molar-refractivity contribution is 0.214. The van der Waals surface area contributed by atoms with Gasteiger partial charge in [0.05, 0.1) is 22.7 Å². The van der Waals surface area contributed by atoms with Crippen molar-refractivity contribution in [1.29, 1.82) is 5.26 Å². The maximum absolute atomic E-state index is 12.3. The van der Waals surface area contributed by atoms with Crippen molar-refractivity contribution >= 4 is 32.8 Å². The van der Waals surface area contributed by atoms with Gasteiger partial charge in [0.15, 0.2) is 0 Å². The van der Waals surface area contributed by atoms with Crippen LogP contribution in [0.5, 0.6) is 0 Å². The number of piperazine rings is 1. The molecule has 154 valence electrons. The van der Waals surface area contributed by atoms with E-state index in [0.29, 0.717) is 16.3 Å². The summed E-state index contributed by atoms with van der Waals surface area (Å²) in [5.74, 6) is 0. The molecule has 1 saturated heterocycles. The molecule has 5 rings (SSSR count). The lowest BCUT2D eigenvalue weighted by atomic mass is 10.1. The van der Waals surface area contributed by atoms with Crippen LogP contribution in [0.1, 0.15) is 31.5 Å². The first kappa shape index (κ1) is 20.3. The van der Waals surface area contributed by atoms with E-state index in [-0.39, 0.29) is 13.0 Å². The molecule has 3 aromatic rings. The van der Waals surface area contributed by atoms with Crippen LogP contribution in [0.2, 0.25) is 0 Å². The van der Waals surface area contributed by atoms with E-state index in [1.54, 1.807) is 5.51 Å². The van der Waals surface area contributed by atoms with Gasteiger partial charge in [0.1, 0.15) is 4.70 Å². The molecule has 2 aliphatic rings. The molecule has 1 aliphatic carbocycles. The highest BCUT2D eigenvalue weighted by molar-refractivity contribution is 7.16. The standard InChI is InChI=1S/C22H21N5OS.CH4/c23-13-15-1-4-17(5-2-15)26-7-9-27(10-8-26)18-6-3-16(11-18)19-12-20-21(22(28)25-19)29-14-24-20;/h1-2,4-5,11-12,14,18H,3,6-10H2,(H,25,28);1H4/t18-;/m0./s1. The summed E-state index contributed by atoms with van der Waals surface area (Å²) in [4.78, 5) is 24.5. The van der Waals surface area contributed by atoms with E-state index >= 15 is 0 Å². The number of benzene rings is 1. The number of anilines is 1. The quantitative estimate of drug-likeness (QED) is 0.698. The van der Waals surface area contributed by atoms with Crippen molar-refractivity contribution in [3.05, 3.63) is 63.5 Å². The summed E-state index contributed by atoms with van der Waals surface area (Å²) in [7, 11) is 0. The highest BCUT2D eigenvalue weighted by atomic mass is 32.1. The van der Waals surface area contributed by atoms with E-state index in [2.05, 4.69) is 31.9 Å². The Morgan fingerprint density at radius 3 is 2.67 bits per heavy atom. The van der Waals surface area contributed by atoms with Gasteiger partial charge in [-0.15, -0.1) is 11.3 Å². The highest BCUT2D eigenvalue weighted by Gasteiger charge is 2.27. The maximum Gasteiger partial charge on any atom is 0.268 e. The lowest BCUT2D eigenvalue weighted by Crippen LogP contribution is -2.49. The summed E-state index contributed by atoms with van der Waals surface area (Å²) in [6, 6.07) is 12.4. The van der Waals surface area contributed by atoms with Crippen LogP contribution in [0.3, 0.4) is 0 Å². The fourth-order valence-corrected chi connectivity index (χ4v) is 4.99. The van der Waals surface area contributed by atoms with E-state index in [0.717, 1.165) is 50.2 Å². The molecule has 0 saturated carbocycles. The van der Waals surface area contributed by atoms with Gasteiger partial charge in [-0.3, -0.25) is 9.69 Å². The Labute approximate surface area is 180 Å². The summed E-state index contributed by atoms with van der Waals surface area (Å²) in [5.41, 5.74) is 6.48. The largest absolute Gasteiger partial charge is 0.369 e. The van der Waals surface area contributed by atoms with Crippen molar-refractivity contribution in [3.63, 3.8) is 0 Å². The SMILES string of the molecule is C.N#Cc1ccc(N2CCN([C@@H]3C=C(c4cc5ncsc5c(=O)[nH]4)CC3)CC2)cc1. The summed E-state index contributed by atoms with van der Waals surface area (Å²) < 4.78 is 0.697. The van der Waals surface area contributed by atoms with Gasteiger partial charge in [-0.2, -0.15) is 5.26 Å². The number of hydrogen-bond donors (Lipinski definition) is 1. The van der Waals surface area contributed by atoms with E-state index < -0.39 is 0 Å². The molecular weight excluding hydrogens is 394 g/mol. The number of hydrogen-bond acceptors (Lipinski definition) is 6. The number of nitriles is 1. The topological polar surface area (TPSA) is 76.0 Å². The molecule has 30 heavy (non-hydrogen) atoms. The third-order valence-corrected chi connectivity index (χ3v) is 6.77. The number of thiazole rings is 1. The predicted octanol–water partition coefficient (Wildman–Crippen LogP) is 3.86. The summed E-state index contributed by atoms with van der Waals surface area (Å²) >= 11 is 1.39. The monoisotopic (exact) mass is 419 g/mol. The third-order valence-electron chi connectivity index (χ3n) is 5.92. The molecule has 7 heteroatoms. The van der Waals surface area contributed by atoms with Crippen molar-refractivity contribution in [1.82, 2.24) is 14.9 Å². The molecule has 3 heterocycles. The Morgan fingerprint density at radius 1 is 1.17 bits per heavy atom. The molecule has 0 unspecified atom stereocenters. The zero-order valence-corrected chi connectivity index (χ0v) is 16.8. The molecule has 1 fully saturated rings. The zero-order chi connectivity index (χ0) is 19.8. The minimum Gasteiger partial charge on any atom is -0.369 e. The summed E-state index contributed by atoms with van der Waals surface area (Å²) in [6.45, 7) is 3.98. The van der Waals surface area contributed by atoms with E-state index in [1.807, 2.05) is 30.3 Å². The van der Waals surface area contributed by atoms with Gasteiger partial charge >= 0.3 is 0 Å². The number of fused-ring (bicyclic) bond motifs is 1. The Hall–Kier alpha value is -2.95. The molecule has 1 aromatic carbocycles. The van der Waals surface area contributed by atoms with Crippen molar-refractivity contribution in [2.45, 2.75) is 26.3 Å². The predicted molar refractivity (Wildman–Crippen MR) is 123 cm³/mol. The van der Waals surface area contributed by atoms with Crippen LogP contribution in [0.4, 0.5) is 5.69 Å². The molecule has 0 bridgehead atoms. The van der Waals surface area contributed by atoms with Gasteiger partial charge < -0.3 is 9.88 Å². The zero-order valence-electron chi connectivity index (χ0n) is 16.0. The smallest absolute Gasteiger partial charge is 0.268 e. The minimum atomic E-state index is -0.0413. The number of nitrogens with one attached hydrogen (secondary N) is 1. The second kappa shape index (κ2) is 8.42. The molecule has 1 aliphatic heterocycles. The highest BCUT2D eigenvalue weighted by Crippen LogP contribution is 2.31. The first-order valence-electron chi connectivity index (χ1n) is 9.88. The van der Waals surface area contributed by atoms with Crippen molar-refractivity contribution < 1.29 is 0 Å². The number of nitrogens with zero attached hydrogens (tertiary/aromatic N) is 4. The van der Waals surface area contributed by atoms with E-state index in [9.17, 15) is 4.79 Å². The third kappa shape index (κ3) is 3.76. The Balaban J connectivity index is 0.00000218. The van der Waals surface area contributed by atoms with Crippen LogP contribution in [0.15, 0.2) is 46.7 Å². The van der Waals surface area contributed by atoms with Gasteiger partial charge in [0, 0.05) is 43.6 Å². The van der Waals surface area contributed by atoms with Crippen LogP contribution in [-0.2, 0) is 0 Å². The second-order valence-electron chi connectivity index (χ2n) is 7.56. The molecule has 2 aromatic heterocycles. The fraction of sp³-hybridized carbons (Fsp3) is 0.348. The normalized spacial score (nSPS) is 19.4. The molecular formula is C23H25N5OS. The molecule has 6 nitrogen and oxygen atoms in total. The Bertz CT molecular complexity index is 1160. The van der Waals surface area contributed by atoms with Gasteiger partial charge in [0.25, 0.3) is 5.56 Å². The van der Waals surface area contributed by atoms with E-state index in [4.69, 9.17) is 5.26 Å².